The molecule has 2 aromatic carbocycles. The van der Waals surface area contributed by atoms with Gasteiger partial charge in [-0.1, -0.05) is 12.1 Å². The van der Waals surface area contributed by atoms with Gasteiger partial charge in [-0.15, -0.1) is 0 Å². The molecular weight excluding hydrogens is 560 g/mol. The highest BCUT2D eigenvalue weighted by Gasteiger charge is 2.38. The fourth-order valence-electron chi connectivity index (χ4n) is 4.89. The van der Waals surface area contributed by atoms with Crippen molar-refractivity contribution >= 4 is 51.5 Å². The number of nitrogens with zero attached hydrogens (tertiary/aromatic N) is 3. The summed E-state index contributed by atoms with van der Waals surface area (Å²) in [6.45, 7) is 0.885. The van der Waals surface area contributed by atoms with Crippen molar-refractivity contribution in [2.24, 2.45) is 5.73 Å². The summed E-state index contributed by atoms with van der Waals surface area (Å²) in [5.41, 5.74) is 12.7. The second-order valence-corrected chi connectivity index (χ2v) is 10.4. The van der Waals surface area contributed by atoms with E-state index in [2.05, 4.69) is 14.7 Å². The second kappa shape index (κ2) is 12.4. The lowest BCUT2D eigenvalue weighted by Gasteiger charge is -2.32. The van der Waals surface area contributed by atoms with Crippen molar-refractivity contribution in [2.75, 3.05) is 38.0 Å². The first-order valence-electron chi connectivity index (χ1n) is 13.2. The van der Waals surface area contributed by atoms with E-state index in [1.807, 2.05) is 6.07 Å². The largest absolute Gasteiger partial charge is 0.497 e. The smallest absolute Gasteiger partial charge is 0.273 e. The van der Waals surface area contributed by atoms with Gasteiger partial charge >= 0.3 is 0 Å². The number of primary amides is 1. The van der Waals surface area contributed by atoms with Gasteiger partial charge in [0.25, 0.3) is 11.8 Å². The average molecular weight is 591 g/mol. The Balaban J connectivity index is 1.70. The molecule has 0 unspecified atom stereocenters. The van der Waals surface area contributed by atoms with E-state index in [0.717, 1.165) is 35.3 Å². The van der Waals surface area contributed by atoms with Crippen molar-refractivity contribution < 1.29 is 28.6 Å². The van der Waals surface area contributed by atoms with Crippen LogP contribution in [0.25, 0.3) is 10.9 Å². The fourth-order valence-corrected chi connectivity index (χ4v) is 5.63. The topological polar surface area (TPSA) is 172 Å². The molecule has 1 saturated heterocycles. The number of aromatic nitrogens is 2. The first-order valence-corrected chi connectivity index (χ1v) is 13.9. The summed E-state index contributed by atoms with van der Waals surface area (Å²) in [6, 6.07) is 12.6. The quantitative estimate of drug-likeness (QED) is 0.251. The minimum atomic E-state index is -1.22. The first-order chi connectivity index (χ1) is 20.3. The molecule has 42 heavy (non-hydrogen) atoms. The summed E-state index contributed by atoms with van der Waals surface area (Å²) < 4.78 is 20.8. The lowest BCUT2D eigenvalue weighted by Crippen LogP contribution is -2.45. The molecule has 13 heteroatoms. The zero-order chi connectivity index (χ0) is 29.8. The van der Waals surface area contributed by atoms with Gasteiger partial charge in [-0.2, -0.15) is 4.37 Å². The van der Waals surface area contributed by atoms with Crippen molar-refractivity contribution in [1.82, 2.24) is 14.7 Å². The predicted octanol–water partition coefficient (Wildman–Crippen LogP) is 3.07. The molecule has 2 atom stereocenters. The number of methoxy groups -OCH3 is 2. The number of nitrogens with one attached hydrogen (secondary N) is 1. The number of carbonyl (C=O) groups is 3. The SMILES string of the molecule is COc1ccc(OC)c(N(C(=O)c2snc(C(N)=O)c2N)[C@@H](C(=O)NC[C@H]2CCCO2)c2ccc3ncccc3c2)c1. The van der Waals surface area contributed by atoms with Gasteiger partial charge in [0.1, 0.15) is 22.4 Å². The zero-order valence-electron chi connectivity index (χ0n) is 23.0. The Morgan fingerprint density at radius 3 is 2.69 bits per heavy atom. The number of pyridine rings is 1. The normalized spacial score (nSPS) is 15.2. The Labute approximate surface area is 245 Å². The number of carbonyl (C=O) groups excluding carboxylic acids is 3. The highest BCUT2D eigenvalue weighted by atomic mass is 32.1. The Hall–Kier alpha value is -4.75. The fraction of sp³-hybridized carbons (Fsp3) is 0.276. The van der Waals surface area contributed by atoms with Gasteiger partial charge in [0.15, 0.2) is 5.69 Å². The van der Waals surface area contributed by atoms with Gasteiger partial charge in [-0.3, -0.25) is 24.3 Å². The lowest BCUT2D eigenvalue weighted by molar-refractivity contribution is -0.123. The molecule has 0 radical (unpaired) electrons. The van der Waals surface area contributed by atoms with Gasteiger partial charge < -0.3 is 31.0 Å². The molecule has 2 aromatic heterocycles. The van der Waals surface area contributed by atoms with E-state index >= 15 is 0 Å². The number of nitrogen functional groups attached to an aromatic ring is 1. The molecule has 0 aliphatic carbocycles. The number of nitrogens with two attached hydrogens (primary N) is 2. The number of rotatable bonds is 10. The van der Waals surface area contributed by atoms with E-state index < -0.39 is 23.8 Å². The molecule has 0 saturated carbocycles. The molecule has 12 nitrogen and oxygen atoms in total. The van der Waals surface area contributed by atoms with E-state index in [-0.39, 0.29) is 34.6 Å². The highest BCUT2D eigenvalue weighted by Crippen LogP contribution is 2.40. The Morgan fingerprint density at radius 1 is 1.17 bits per heavy atom. The molecule has 0 bridgehead atoms. The third-order valence-electron chi connectivity index (χ3n) is 7.00. The van der Waals surface area contributed by atoms with E-state index in [9.17, 15) is 14.4 Å². The Kier molecular flexibility index (Phi) is 8.50. The number of hydrogen-bond acceptors (Lipinski definition) is 10. The van der Waals surface area contributed by atoms with Gasteiger partial charge in [0.05, 0.1) is 37.2 Å². The van der Waals surface area contributed by atoms with Crippen LogP contribution in [0.4, 0.5) is 11.4 Å². The van der Waals surface area contributed by atoms with Crippen LogP contribution in [0.1, 0.15) is 44.6 Å². The molecule has 3 amide bonds. The molecule has 3 heterocycles. The number of amides is 3. The predicted molar refractivity (Wildman–Crippen MR) is 158 cm³/mol. The third kappa shape index (κ3) is 5.69. The first kappa shape index (κ1) is 28.8. The molecule has 4 aromatic rings. The monoisotopic (exact) mass is 590 g/mol. The summed E-state index contributed by atoms with van der Waals surface area (Å²) in [6.07, 6.45) is 3.25. The van der Waals surface area contributed by atoms with Gasteiger partial charge in [-0.05, 0) is 60.3 Å². The van der Waals surface area contributed by atoms with Crippen LogP contribution in [0.5, 0.6) is 11.5 Å². The van der Waals surface area contributed by atoms with Crippen LogP contribution in [-0.4, -0.2) is 60.6 Å². The van der Waals surface area contributed by atoms with Crippen molar-refractivity contribution in [3.8, 4) is 11.5 Å². The minimum absolute atomic E-state index is 0.0620. The lowest BCUT2D eigenvalue weighted by atomic mass is 10.00. The van der Waals surface area contributed by atoms with Crippen LogP contribution in [0.15, 0.2) is 54.7 Å². The van der Waals surface area contributed by atoms with E-state index in [1.54, 1.807) is 48.7 Å². The maximum Gasteiger partial charge on any atom is 0.273 e. The second-order valence-electron chi connectivity index (χ2n) is 9.59. The molecule has 5 N–H and O–H groups in total. The van der Waals surface area contributed by atoms with Crippen LogP contribution in [0.2, 0.25) is 0 Å². The van der Waals surface area contributed by atoms with Crippen LogP contribution in [0, 0.1) is 0 Å². The van der Waals surface area contributed by atoms with Gasteiger partial charge in [0.2, 0.25) is 5.91 Å². The molecule has 1 fully saturated rings. The van der Waals surface area contributed by atoms with Crippen molar-refractivity contribution in [3.63, 3.8) is 0 Å². The highest BCUT2D eigenvalue weighted by molar-refractivity contribution is 7.09. The molecule has 5 rings (SSSR count). The Bertz CT molecular complexity index is 1640. The van der Waals surface area contributed by atoms with Gasteiger partial charge in [0, 0.05) is 30.8 Å². The summed E-state index contributed by atoms with van der Waals surface area (Å²) in [5.74, 6) is -1.32. The summed E-state index contributed by atoms with van der Waals surface area (Å²) in [5, 5.41) is 3.74. The maximum absolute atomic E-state index is 14.5. The average Bonchev–Trinajstić information content (AvgIpc) is 3.67. The van der Waals surface area contributed by atoms with E-state index in [1.165, 1.54) is 19.1 Å². The van der Waals surface area contributed by atoms with E-state index in [4.69, 9.17) is 25.7 Å². The van der Waals surface area contributed by atoms with Gasteiger partial charge in [-0.25, -0.2) is 0 Å². The van der Waals surface area contributed by atoms with Crippen LogP contribution in [0.3, 0.4) is 0 Å². The molecule has 1 aliphatic rings. The number of ether oxygens (including phenoxy) is 3. The van der Waals surface area contributed by atoms with E-state index in [0.29, 0.717) is 23.7 Å². The number of anilines is 2. The summed E-state index contributed by atoms with van der Waals surface area (Å²) >= 11 is 0.719. The maximum atomic E-state index is 14.5. The number of hydrogen-bond donors (Lipinski definition) is 3. The standard InChI is InChI=1S/C29H30N6O6S/c1-39-18-8-10-22(40-2)21(14-18)35(29(38)26-23(30)24(27(31)36)34-42-26)25(28(37)33-15-19-6-4-12-41-19)17-7-9-20-16(13-17)5-3-11-32-20/h3,5,7-11,13-14,19,25H,4,6,12,15,30H2,1-2H3,(H2,31,36)(H,33,37)/t19-,25-/m1/s1. The van der Waals surface area contributed by atoms with Crippen molar-refractivity contribution in [1.29, 1.82) is 0 Å². The van der Waals surface area contributed by atoms with Crippen LogP contribution < -0.4 is 31.2 Å². The molecule has 1 aliphatic heterocycles. The third-order valence-corrected chi connectivity index (χ3v) is 7.85. The molecule has 218 valence electrons. The molecular formula is C29H30N6O6S. The van der Waals surface area contributed by atoms with Crippen LogP contribution in [-0.2, 0) is 9.53 Å². The van der Waals surface area contributed by atoms with Crippen LogP contribution >= 0.6 is 11.5 Å². The minimum Gasteiger partial charge on any atom is -0.497 e. The molecule has 0 spiro atoms. The zero-order valence-corrected chi connectivity index (χ0v) is 23.8. The number of fused-ring (bicyclic) bond motifs is 1. The van der Waals surface area contributed by atoms with Crippen molar-refractivity contribution in [3.05, 3.63) is 70.9 Å². The summed E-state index contributed by atoms with van der Waals surface area (Å²) in [7, 11) is 2.94. The number of benzene rings is 2. The van der Waals surface area contributed by atoms with Crippen molar-refractivity contribution in [2.45, 2.75) is 25.0 Å². The summed E-state index contributed by atoms with van der Waals surface area (Å²) in [4.78, 5) is 46.2. The Morgan fingerprint density at radius 2 is 2.00 bits per heavy atom.